The van der Waals surface area contributed by atoms with Gasteiger partial charge in [0.2, 0.25) is 0 Å². The van der Waals surface area contributed by atoms with Gasteiger partial charge in [-0.1, -0.05) is 33.8 Å². The van der Waals surface area contributed by atoms with Gasteiger partial charge in [-0.25, -0.2) is 0 Å². The van der Waals surface area contributed by atoms with Gasteiger partial charge in [0.05, 0.1) is 6.61 Å². The highest BCUT2D eigenvalue weighted by Gasteiger charge is 2.20. The van der Waals surface area contributed by atoms with E-state index in [2.05, 4.69) is 44.5 Å². The van der Waals surface area contributed by atoms with Crippen molar-refractivity contribution < 1.29 is 5.11 Å². The maximum Gasteiger partial charge on any atom is 0.0558 e. The Morgan fingerprint density at radius 3 is 2.29 bits per heavy atom. The van der Waals surface area contributed by atoms with Crippen molar-refractivity contribution in [3.8, 4) is 0 Å². The Balaban J connectivity index is 4.29. The summed E-state index contributed by atoms with van der Waals surface area (Å²) in [5, 5.41) is 12.6. The highest BCUT2D eigenvalue weighted by atomic mass is 16.3. The average Bonchev–Trinajstić information content (AvgIpc) is 2.23. The molecule has 0 rings (SSSR count). The summed E-state index contributed by atoms with van der Waals surface area (Å²) in [6, 6.07) is 0.457. The third kappa shape index (κ3) is 7.53. The lowest BCUT2D eigenvalue weighted by atomic mass is 10.0. The molecule has 0 saturated carbocycles. The SMILES string of the molecule is C=CCN(CCO)C(CNCC(C)C)C(C)C. The van der Waals surface area contributed by atoms with Crippen LogP contribution in [0.1, 0.15) is 27.7 Å². The minimum Gasteiger partial charge on any atom is -0.395 e. The Labute approximate surface area is 107 Å². The van der Waals surface area contributed by atoms with E-state index < -0.39 is 0 Å². The number of aliphatic hydroxyl groups is 1. The summed E-state index contributed by atoms with van der Waals surface area (Å²) in [7, 11) is 0. The van der Waals surface area contributed by atoms with Crippen molar-refractivity contribution in [1.29, 1.82) is 0 Å². The first kappa shape index (κ1) is 16.6. The summed E-state index contributed by atoms with van der Waals surface area (Å²) in [5.41, 5.74) is 0. The minimum atomic E-state index is 0.210. The molecule has 102 valence electrons. The van der Waals surface area contributed by atoms with Crippen molar-refractivity contribution in [3.05, 3.63) is 12.7 Å². The molecule has 0 aliphatic rings. The quantitative estimate of drug-likeness (QED) is 0.573. The molecule has 0 aromatic carbocycles. The van der Waals surface area contributed by atoms with Crippen LogP contribution in [0.3, 0.4) is 0 Å². The Morgan fingerprint density at radius 2 is 1.88 bits per heavy atom. The van der Waals surface area contributed by atoms with E-state index in [4.69, 9.17) is 5.11 Å². The van der Waals surface area contributed by atoms with Crippen molar-refractivity contribution in [2.45, 2.75) is 33.7 Å². The summed E-state index contributed by atoms with van der Waals surface area (Å²) >= 11 is 0. The third-order valence-electron chi connectivity index (χ3n) is 2.90. The molecule has 0 bridgehead atoms. The van der Waals surface area contributed by atoms with Crippen LogP contribution >= 0.6 is 0 Å². The first-order valence-corrected chi connectivity index (χ1v) is 6.69. The monoisotopic (exact) mass is 242 g/mol. The van der Waals surface area contributed by atoms with Crippen LogP contribution in [0.2, 0.25) is 0 Å². The van der Waals surface area contributed by atoms with Crippen LogP contribution in [0, 0.1) is 11.8 Å². The van der Waals surface area contributed by atoms with Crippen LogP contribution in [0.4, 0.5) is 0 Å². The van der Waals surface area contributed by atoms with E-state index >= 15 is 0 Å². The van der Waals surface area contributed by atoms with Gasteiger partial charge in [-0.05, 0) is 18.4 Å². The van der Waals surface area contributed by atoms with Crippen LogP contribution in [-0.2, 0) is 0 Å². The van der Waals surface area contributed by atoms with Gasteiger partial charge in [0.15, 0.2) is 0 Å². The van der Waals surface area contributed by atoms with Gasteiger partial charge in [-0.15, -0.1) is 6.58 Å². The van der Waals surface area contributed by atoms with Gasteiger partial charge < -0.3 is 10.4 Å². The molecule has 0 aromatic heterocycles. The van der Waals surface area contributed by atoms with Gasteiger partial charge in [0.25, 0.3) is 0 Å². The molecular weight excluding hydrogens is 212 g/mol. The normalized spacial score (nSPS) is 13.6. The van der Waals surface area contributed by atoms with Gasteiger partial charge in [0, 0.05) is 25.7 Å². The molecule has 2 N–H and O–H groups in total. The molecule has 3 heteroatoms. The van der Waals surface area contributed by atoms with Crippen LogP contribution < -0.4 is 5.32 Å². The van der Waals surface area contributed by atoms with Crippen LogP contribution in [0.15, 0.2) is 12.7 Å². The molecule has 3 nitrogen and oxygen atoms in total. The third-order valence-corrected chi connectivity index (χ3v) is 2.90. The van der Waals surface area contributed by atoms with Gasteiger partial charge in [-0.2, -0.15) is 0 Å². The zero-order valence-corrected chi connectivity index (χ0v) is 11.9. The number of nitrogens with one attached hydrogen (secondary N) is 1. The second-order valence-electron chi connectivity index (χ2n) is 5.37. The predicted molar refractivity (Wildman–Crippen MR) is 75.2 cm³/mol. The zero-order valence-electron chi connectivity index (χ0n) is 11.9. The molecule has 0 amide bonds. The molecule has 0 spiro atoms. The van der Waals surface area contributed by atoms with Gasteiger partial charge in [-0.3, -0.25) is 4.90 Å². The highest BCUT2D eigenvalue weighted by Crippen LogP contribution is 2.10. The molecule has 0 saturated heterocycles. The standard InChI is InChI=1S/C14H30N2O/c1-6-7-16(8-9-17)14(13(4)5)11-15-10-12(2)3/h6,12-15,17H,1,7-11H2,2-5H3. The average molecular weight is 242 g/mol. The topological polar surface area (TPSA) is 35.5 Å². The number of hydrogen-bond donors (Lipinski definition) is 2. The van der Waals surface area contributed by atoms with Crippen LogP contribution in [-0.4, -0.2) is 48.8 Å². The van der Waals surface area contributed by atoms with Crippen molar-refractivity contribution in [1.82, 2.24) is 10.2 Å². The smallest absolute Gasteiger partial charge is 0.0558 e. The Hall–Kier alpha value is -0.380. The minimum absolute atomic E-state index is 0.210. The lowest BCUT2D eigenvalue weighted by Crippen LogP contribution is -2.47. The zero-order chi connectivity index (χ0) is 13.3. The Morgan fingerprint density at radius 1 is 1.24 bits per heavy atom. The van der Waals surface area contributed by atoms with Gasteiger partial charge >= 0.3 is 0 Å². The summed E-state index contributed by atoms with van der Waals surface area (Å²) < 4.78 is 0. The molecule has 0 aromatic rings. The fourth-order valence-electron chi connectivity index (χ4n) is 1.99. The molecule has 0 radical (unpaired) electrons. The lowest BCUT2D eigenvalue weighted by Gasteiger charge is -2.33. The molecule has 0 aliphatic carbocycles. The molecular formula is C14H30N2O. The summed E-state index contributed by atoms with van der Waals surface area (Å²) in [5.74, 6) is 1.25. The second kappa shape index (κ2) is 9.63. The van der Waals surface area contributed by atoms with E-state index in [-0.39, 0.29) is 6.61 Å². The van der Waals surface area contributed by atoms with E-state index in [1.54, 1.807) is 0 Å². The fourth-order valence-corrected chi connectivity index (χ4v) is 1.99. The fraction of sp³-hybridized carbons (Fsp3) is 0.857. The summed E-state index contributed by atoms with van der Waals surface area (Å²) in [6.07, 6.45) is 1.91. The lowest BCUT2D eigenvalue weighted by molar-refractivity contribution is 0.132. The number of hydrogen-bond acceptors (Lipinski definition) is 3. The van der Waals surface area contributed by atoms with E-state index in [0.29, 0.717) is 17.9 Å². The highest BCUT2D eigenvalue weighted by molar-refractivity contribution is 4.82. The Kier molecular flexibility index (Phi) is 9.41. The number of aliphatic hydroxyl groups excluding tert-OH is 1. The predicted octanol–water partition coefficient (Wildman–Crippen LogP) is 1.74. The van der Waals surface area contributed by atoms with E-state index in [1.807, 2.05) is 6.08 Å². The van der Waals surface area contributed by atoms with Crippen molar-refractivity contribution in [2.75, 3.05) is 32.8 Å². The molecule has 1 atom stereocenters. The summed E-state index contributed by atoms with van der Waals surface area (Å²) in [6.45, 7) is 16.5. The largest absolute Gasteiger partial charge is 0.395 e. The molecule has 0 heterocycles. The van der Waals surface area contributed by atoms with E-state index in [0.717, 1.165) is 26.2 Å². The second-order valence-corrected chi connectivity index (χ2v) is 5.37. The molecule has 0 aliphatic heterocycles. The molecule has 0 fully saturated rings. The molecule has 1 unspecified atom stereocenters. The number of nitrogens with zero attached hydrogens (tertiary/aromatic N) is 1. The van der Waals surface area contributed by atoms with Crippen LogP contribution in [0.5, 0.6) is 0 Å². The van der Waals surface area contributed by atoms with Crippen molar-refractivity contribution >= 4 is 0 Å². The maximum atomic E-state index is 9.11. The van der Waals surface area contributed by atoms with E-state index in [9.17, 15) is 0 Å². The number of rotatable bonds is 10. The van der Waals surface area contributed by atoms with Gasteiger partial charge in [0.1, 0.15) is 0 Å². The first-order chi connectivity index (χ1) is 8.02. The molecule has 17 heavy (non-hydrogen) atoms. The maximum absolute atomic E-state index is 9.11. The van der Waals surface area contributed by atoms with Crippen LogP contribution in [0.25, 0.3) is 0 Å². The Bertz CT molecular complexity index is 193. The van der Waals surface area contributed by atoms with Crippen molar-refractivity contribution in [2.24, 2.45) is 11.8 Å². The summed E-state index contributed by atoms with van der Waals surface area (Å²) in [4.78, 5) is 2.30. The van der Waals surface area contributed by atoms with E-state index in [1.165, 1.54) is 0 Å². The first-order valence-electron chi connectivity index (χ1n) is 6.69. The van der Waals surface area contributed by atoms with Crippen molar-refractivity contribution in [3.63, 3.8) is 0 Å².